The van der Waals surface area contributed by atoms with E-state index in [2.05, 4.69) is 41.4 Å². The van der Waals surface area contributed by atoms with Gasteiger partial charge in [-0.3, -0.25) is 10.1 Å². The van der Waals surface area contributed by atoms with Crippen molar-refractivity contribution in [1.82, 2.24) is 10.2 Å². The van der Waals surface area contributed by atoms with Crippen LogP contribution in [-0.2, 0) is 4.79 Å². The molecule has 2 fully saturated rings. The molecular formula is C18H26N2O. The maximum atomic E-state index is 12.7. The summed E-state index contributed by atoms with van der Waals surface area (Å²) in [6.07, 6.45) is 6.20. The third-order valence-corrected chi connectivity index (χ3v) is 5.18. The minimum absolute atomic E-state index is 0.0471. The molecule has 2 aliphatic rings. The number of carbonyl (C=O) groups excluding carboxylic acids is 1. The first-order valence-electron chi connectivity index (χ1n) is 8.35. The highest BCUT2D eigenvalue weighted by Gasteiger charge is 2.43. The van der Waals surface area contributed by atoms with Gasteiger partial charge in [-0.05, 0) is 31.2 Å². The normalized spacial score (nSPS) is 33.4. The number of hydrogen-bond donors (Lipinski definition) is 1. The van der Waals surface area contributed by atoms with E-state index in [1.807, 2.05) is 13.0 Å². The van der Waals surface area contributed by atoms with Gasteiger partial charge in [0, 0.05) is 6.04 Å². The molecule has 1 aliphatic heterocycles. The van der Waals surface area contributed by atoms with Crippen molar-refractivity contribution in [3.8, 4) is 0 Å². The summed E-state index contributed by atoms with van der Waals surface area (Å²) >= 11 is 0. The lowest BCUT2D eigenvalue weighted by molar-refractivity contribution is -0.134. The second kappa shape index (κ2) is 6.18. The number of carbonyl (C=O) groups is 1. The van der Waals surface area contributed by atoms with Gasteiger partial charge in [0.15, 0.2) is 0 Å². The molecule has 1 heterocycles. The quantitative estimate of drug-likeness (QED) is 0.922. The summed E-state index contributed by atoms with van der Waals surface area (Å²) in [5, 5.41) is 3.49. The topological polar surface area (TPSA) is 32.3 Å². The molecular weight excluding hydrogens is 260 g/mol. The van der Waals surface area contributed by atoms with Crippen molar-refractivity contribution in [2.75, 3.05) is 0 Å². The van der Waals surface area contributed by atoms with Gasteiger partial charge in [0.2, 0.25) is 5.91 Å². The van der Waals surface area contributed by atoms with Crippen LogP contribution in [0.1, 0.15) is 57.7 Å². The van der Waals surface area contributed by atoms with Crippen molar-refractivity contribution in [3.63, 3.8) is 0 Å². The highest BCUT2D eigenvalue weighted by atomic mass is 16.2. The van der Waals surface area contributed by atoms with E-state index in [-0.39, 0.29) is 18.1 Å². The maximum absolute atomic E-state index is 12.7. The molecule has 3 heteroatoms. The highest BCUT2D eigenvalue weighted by Crippen LogP contribution is 2.37. The van der Waals surface area contributed by atoms with Crippen molar-refractivity contribution < 1.29 is 4.79 Å². The molecule has 1 saturated heterocycles. The third-order valence-electron chi connectivity index (χ3n) is 5.18. The Labute approximate surface area is 127 Å². The zero-order chi connectivity index (χ0) is 14.8. The Balaban J connectivity index is 1.90. The van der Waals surface area contributed by atoms with E-state index < -0.39 is 0 Å². The Morgan fingerprint density at radius 2 is 1.90 bits per heavy atom. The molecule has 1 saturated carbocycles. The standard InChI is InChI=1S/C18H26N2O/c1-3-14-9-7-8-12-16(14)20-17(19-13(2)18(20)21)15-10-5-4-6-11-15/h4-6,10-11,13-14,16-17,19H,3,7-9,12H2,1-2H3. The number of nitrogens with zero attached hydrogens (tertiary/aromatic N) is 1. The summed E-state index contributed by atoms with van der Waals surface area (Å²) in [5.41, 5.74) is 1.20. The van der Waals surface area contributed by atoms with Crippen molar-refractivity contribution in [3.05, 3.63) is 35.9 Å². The van der Waals surface area contributed by atoms with Gasteiger partial charge in [-0.2, -0.15) is 0 Å². The molecule has 1 aliphatic carbocycles. The van der Waals surface area contributed by atoms with Crippen LogP contribution in [-0.4, -0.2) is 22.9 Å². The molecule has 114 valence electrons. The first kappa shape index (κ1) is 14.6. The molecule has 4 unspecified atom stereocenters. The Bertz CT molecular complexity index is 487. The summed E-state index contributed by atoms with van der Waals surface area (Å²) in [7, 11) is 0. The predicted octanol–water partition coefficient (Wildman–Crippen LogP) is 3.47. The Morgan fingerprint density at radius 1 is 1.19 bits per heavy atom. The lowest BCUT2D eigenvalue weighted by Crippen LogP contribution is -2.45. The first-order valence-corrected chi connectivity index (χ1v) is 8.35. The molecule has 0 bridgehead atoms. The summed E-state index contributed by atoms with van der Waals surface area (Å²) in [4.78, 5) is 14.9. The van der Waals surface area contributed by atoms with Crippen LogP contribution in [0.2, 0.25) is 0 Å². The van der Waals surface area contributed by atoms with E-state index in [9.17, 15) is 4.79 Å². The predicted molar refractivity (Wildman–Crippen MR) is 84.7 cm³/mol. The van der Waals surface area contributed by atoms with E-state index in [0.29, 0.717) is 12.0 Å². The van der Waals surface area contributed by atoms with E-state index in [0.717, 1.165) is 6.42 Å². The Kier molecular flexibility index (Phi) is 4.29. The fourth-order valence-corrected chi connectivity index (χ4v) is 4.02. The third kappa shape index (κ3) is 2.71. The largest absolute Gasteiger partial charge is 0.318 e. The van der Waals surface area contributed by atoms with E-state index in [1.54, 1.807) is 0 Å². The number of rotatable bonds is 3. The number of amides is 1. The molecule has 3 rings (SSSR count). The van der Waals surface area contributed by atoms with Crippen LogP contribution in [0.15, 0.2) is 30.3 Å². The Hall–Kier alpha value is -1.35. The molecule has 0 aromatic heterocycles. The maximum Gasteiger partial charge on any atom is 0.241 e. The van der Waals surface area contributed by atoms with Gasteiger partial charge in [-0.1, -0.05) is 56.5 Å². The summed E-state index contributed by atoms with van der Waals surface area (Å²) in [6, 6.07) is 10.7. The second-order valence-corrected chi connectivity index (χ2v) is 6.47. The lowest BCUT2D eigenvalue weighted by atomic mass is 9.81. The van der Waals surface area contributed by atoms with Gasteiger partial charge in [0.1, 0.15) is 6.17 Å². The van der Waals surface area contributed by atoms with Crippen molar-refractivity contribution in [2.45, 2.75) is 64.2 Å². The van der Waals surface area contributed by atoms with Crippen molar-refractivity contribution in [2.24, 2.45) is 5.92 Å². The lowest BCUT2D eigenvalue weighted by Gasteiger charge is -2.40. The molecule has 3 nitrogen and oxygen atoms in total. The van der Waals surface area contributed by atoms with Crippen LogP contribution < -0.4 is 5.32 Å². The van der Waals surface area contributed by atoms with Gasteiger partial charge in [-0.25, -0.2) is 0 Å². The molecule has 0 radical (unpaired) electrons. The van der Waals surface area contributed by atoms with Crippen LogP contribution in [0, 0.1) is 5.92 Å². The molecule has 1 amide bonds. The minimum Gasteiger partial charge on any atom is -0.318 e. The SMILES string of the molecule is CCC1CCCCC1N1C(=O)C(C)NC1c1ccccc1. The number of hydrogen-bond acceptors (Lipinski definition) is 2. The monoisotopic (exact) mass is 286 g/mol. The zero-order valence-corrected chi connectivity index (χ0v) is 13.1. The fourth-order valence-electron chi connectivity index (χ4n) is 4.02. The molecule has 4 atom stereocenters. The number of nitrogens with one attached hydrogen (secondary N) is 1. The van der Waals surface area contributed by atoms with Crippen LogP contribution in [0.25, 0.3) is 0 Å². The van der Waals surface area contributed by atoms with Crippen LogP contribution >= 0.6 is 0 Å². The average molecular weight is 286 g/mol. The fraction of sp³-hybridized carbons (Fsp3) is 0.611. The van der Waals surface area contributed by atoms with E-state index in [1.165, 1.54) is 31.2 Å². The van der Waals surface area contributed by atoms with Gasteiger partial charge in [-0.15, -0.1) is 0 Å². The summed E-state index contributed by atoms with van der Waals surface area (Å²) in [6.45, 7) is 4.25. The highest BCUT2D eigenvalue weighted by molar-refractivity contribution is 5.84. The van der Waals surface area contributed by atoms with E-state index in [4.69, 9.17) is 0 Å². The van der Waals surface area contributed by atoms with Gasteiger partial charge in [0.05, 0.1) is 6.04 Å². The Morgan fingerprint density at radius 3 is 2.62 bits per heavy atom. The number of benzene rings is 1. The smallest absolute Gasteiger partial charge is 0.241 e. The van der Waals surface area contributed by atoms with Crippen LogP contribution in [0.3, 0.4) is 0 Å². The average Bonchev–Trinajstić information content (AvgIpc) is 2.83. The zero-order valence-electron chi connectivity index (χ0n) is 13.1. The summed E-state index contributed by atoms with van der Waals surface area (Å²) in [5.74, 6) is 0.926. The first-order chi connectivity index (χ1) is 10.2. The second-order valence-electron chi connectivity index (χ2n) is 6.47. The molecule has 1 N–H and O–H groups in total. The molecule has 0 spiro atoms. The van der Waals surface area contributed by atoms with Crippen molar-refractivity contribution in [1.29, 1.82) is 0 Å². The van der Waals surface area contributed by atoms with Crippen LogP contribution in [0.4, 0.5) is 0 Å². The molecule has 1 aromatic carbocycles. The van der Waals surface area contributed by atoms with Gasteiger partial charge >= 0.3 is 0 Å². The van der Waals surface area contributed by atoms with E-state index >= 15 is 0 Å². The molecule has 1 aromatic rings. The summed E-state index contributed by atoms with van der Waals surface area (Å²) < 4.78 is 0. The minimum atomic E-state index is -0.0744. The van der Waals surface area contributed by atoms with Crippen molar-refractivity contribution >= 4 is 5.91 Å². The molecule has 21 heavy (non-hydrogen) atoms. The van der Waals surface area contributed by atoms with Gasteiger partial charge in [0.25, 0.3) is 0 Å². The van der Waals surface area contributed by atoms with Crippen LogP contribution in [0.5, 0.6) is 0 Å². The van der Waals surface area contributed by atoms with Gasteiger partial charge < -0.3 is 4.90 Å².